The Kier molecular flexibility index (Phi) is 4.12. The molecule has 0 aromatic carbocycles. The molecule has 1 N–H and O–H groups in total. The minimum absolute atomic E-state index is 0.0167. The summed E-state index contributed by atoms with van der Waals surface area (Å²) in [4.78, 5) is 3.71. The van der Waals surface area contributed by atoms with Gasteiger partial charge in [-0.2, -0.15) is 13.2 Å². The standard InChI is InChI=1S/C10H13F3N2O/c1-7(14-2)8-3-4-15-9(5-8)16-6-10(11,12)13/h3-5,7,14H,6H2,1-2H3. The summed E-state index contributed by atoms with van der Waals surface area (Å²) >= 11 is 0. The molecule has 0 aliphatic heterocycles. The van der Waals surface area contributed by atoms with Crippen LogP contribution in [-0.4, -0.2) is 24.8 Å². The summed E-state index contributed by atoms with van der Waals surface area (Å²) in [5, 5.41) is 2.98. The van der Waals surface area contributed by atoms with Crippen LogP contribution in [0.15, 0.2) is 18.3 Å². The molecule has 6 heteroatoms. The summed E-state index contributed by atoms with van der Waals surface area (Å²) in [6.07, 6.45) is -2.92. The van der Waals surface area contributed by atoms with Crippen molar-refractivity contribution in [2.24, 2.45) is 0 Å². The molecule has 3 nitrogen and oxygen atoms in total. The molecule has 1 unspecified atom stereocenters. The van der Waals surface area contributed by atoms with E-state index in [1.807, 2.05) is 6.92 Å². The summed E-state index contributed by atoms with van der Waals surface area (Å²) < 4.78 is 40.2. The van der Waals surface area contributed by atoms with Gasteiger partial charge in [0, 0.05) is 18.3 Å². The van der Waals surface area contributed by atoms with Crippen LogP contribution in [0, 0.1) is 0 Å². The molecule has 1 heterocycles. The van der Waals surface area contributed by atoms with Crippen LogP contribution in [0.3, 0.4) is 0 Å². The molecule has 0 saturated carbocycles. The Morgan fingerprint density at radius 3 is 2.75 bits per heavy atom. The van der Waals surface area contributed by atoms with Gasteiger partial charge in [-0.05, 0) is 25.6 Å². The van der Waals surface area contributed by atoms with E-state index in [1.165, 1.54) is 12.3 Å². The summed E-state index contributed by atoms with van der Waals surface area (Å²) in [5.41, 5.74) is 0.828. The van der Waals surface area contributed by atoms with Crippen molar-refractivity contribution >= 4 is 0 Å². The van der Waals surface area contributed by atoms with Gasteiger partial charge in [-0.15, -0.1) is 0 Å². The lowest BCUT2D eigenvalue weighted by atomic mass is 10.1. The van der Waals surface area contributed by atoms with Crippen molar-refractivity contribution in [3.8, 4) is 5.88 Å². The Hall–Kier alpha value is -1.30. The highest BCUT2D eigenvalue weighted by molar-refractivity contribution is 5.23. The average molecular weight is 234 g/mol. The second kappa shape index (κ2) is 5.16. The minimum Gasteiger partial charge on any atom is -0.468 e. The number of ether oxygens (including phenoxy) is 1. The van der Waals surface area contributed by atoms with Gasteiger partial charge in [0.2, 0.25) is 5.88 Å². The lowest BCUT2D eigenvalue weighted by Gasteiger charge is -2.12. The van der Waals surface area contributed by atoms with Crippen molar-refractivity contribution in [2.75, 3.05) is 13.7 Å². The predicted octanol–water partition coefficient (Wildman–Crippen LogP) is 2.30. The van der Waals surface area contributed by atoms with Crippen LogP contribution >= 0.6 is 0 Å². The van der Waals surface area contributed by atoms with Crippen LogP contribution in [0.4, 0.5) is 13.2 Å². The molecule has 0 aliphatic carbocycles. The second-order valence-electron chi connectivity index (χ2n) is 3.34. The zero-order valence-electron chi connectivity index (χ0n) is 9.01. The molecule has 1 atom stereocenters. The van der Waals surface area contributed by atoms with Crippen LogP contribution < -0.4 is 10.1 Å². The third kappa shape index (κ3) is 4.06. The van der Waals surface area contributed by atoms with Gasteiger partial charge < -0.3 is 10.1 Å². The molecule has 0 saturated heterocycles. The molecule has 90 valence electrons. The maximum Gasteiger partial charge on any atom is 0.422 e. The van der Waals surface area contributed by atoms with Crippen molar-refractivity contribution in [1.82, 2.24) is 10.3 Å². The molecule has 16 heavy (non-hydrogen) atoms. The number of hydrogen-bond donors (Lipinski definition) is 1. The first-order valence-corrected chi connectivity index (χ1v) is 4.75. The van der Waals surface area contributed by atoms with E-state index in [0.29, 0.717) is 0 Å². The quantitative estimate of drug-likeness (QED) is 0.868. The number of hydrogen-bond acceptors (Lipinski definition) is 3. The largest absolute Gasteiger partial charge is 0.468 e. The van der Waals surface area contributed by atoms with Crippen LogP contribution in [0.1, 0.15) is 18.5 Å². The fourth-order valence-corrected chi connectivity index (χ4v) is 1.10. The Bertz CT molecular complexity index is 341. The second-order valence-corrected chi connectivity index (χ2v) is 3.34. The Balaban J connectivity index is 2.68. The van der Waals surface area contributed by atoms with Crippen LogP contribution in [0.2, 0.25) is 0 Å². The van der Waals surface area contributed by atoms with E-state index in [1.54, 1.807) is 13.1 Å². The van der Waals surface area contributed by atoms with Crippen molar-refractivity contribution in [3.63, 3.8) is 0 Å². The molecular formula is C10H13F3N2O. The lowest BCUT2D eigenvalue weighted by molar-refractivity contribution is -0.154. The summed E-state index contributed by atoms with van der Waals surface area (Å²) in [6, 6.07) is 3.25. The zero-order chi connectivity index (χ0) is 12.2. The molecule has 0 aliphatic rings. The fourth-order valence-electron chi connectivity index (χ4n) is 1.10. The first kappa shape index (κ1) is 12.8. The number of pyridine rings is 1. The number of nitrogens with zero attached hydrogens (tertiary/aromatic N) is 1. The summed E-state index contributed by atoms with van der Waals surface area (Å²) in [6.45, 7) is 0.570. The van der Waals surface area contributed by atoms with Gasteiger partial charge in [-0.3, -0.25) is 0 Å². The number of alkyl halides is 3. The average Bonchev–Trinajstić information content (AvgIpc) is 2.25. The van der Waals surface area contributed by atoms with E-state index < -0.39 is 12.8 Å². The van der Waals surface area contributed by atoms with Crippen molar-refractivity contribution in [1.29, 1.82) is 0 Å². The van der Waals surface area contributed by atoms with E-state index in [4.69, 9.17) is 0 Å². The highest BCUT2D eigenvalue weighted by Gasteiger charge is 2.28. The molecule has 0 amide bonds. The van der Waals surface area contributed by atoms with Crippen molar-refractivity contribution < 1.29 is 17.9 Å². The predicted molar refractivity (Wildman–Crippen MR) is 53.3 cm³/mol. The Labute approximate surface area is 91.6 Å². The van der Waals surface area contributed by atoms with Gasteiger partial charge in [0.25, 0.3) is 0 Å². The highest BCUT2D eigenvalue weighted by Crippen LogP contribution is 2.19. The monoisotopic (exact) mass is 234 g/mol. The van der Waals surface area contributed by atoms with Crippen LogP contribution in [0.25, 0.3) is 0 Å². The van der Waals surface area contributed by atoms with Gasteiger partial charge in [0.05, 0.1) is 0 Å². The lowest BCUT2D eigenvalue weighted by Crippen LogP contribution is -2.20. The third-order valence-corrected chi connectivity index (χ3v) is 2.08. The first-order valence-electron chi connectivity index (χ1n) is 4.75. The van der Waals surface area contributed by atoms with E-state index in [-0.39, 0.29) is 11.9 Å². The van der Waals surface area contributed by atoms with Gasteiger partial charge in [-0.1, -0.05) is 0 Å². The molecule has 1 aromatic rings. The van der Waals surface area contributed by atoms with Crippen molar-refractivity contribution in [2.45, 2.75) is 19.1 Å². The van der Waals surface area contributed by atoms with Gasteiger partial charge >= 0.3 is 6.18 Å². The SMILES string of the molecule is CNC(C)c1ccnc(OCC(F)(F)F)c1. The zero-order valence-corrected chi connectivity index (χ0v) is 9.01. The van der Waals surface area contributed by atoms with Gasteiger partial charge in [-0.25, -0.2) is 4.98 Å². The van der Waals surface area contributed by atoms with Crippen LogP contribution in [0.5, 0.6) is 5.88 Å². The van der Waals surface area contributed by atoms with Gasteiger partial charge in [0.1, 0.15) is 0 Å². The summed E-state index contributed by atoms with van der Waals surface area (Å²) in [7, 11) is 1.77. The molecule has 1 aromatic heterocycles. The molecular weight excluding hydrogens is 221 g/mol. The smallest absolute Gasteiger partial charge is 0.422 e. The molecule has 0 spiro atoms. The molecule has 1 rings (SSSR count). The highest BCUT2D eigenvalue weighted by atomic mass is 19.4. The maximum atomic E-state index is 11.9. The number of halogens is 3. The molecule has 0 bridgehead atoms. The van der Waals surface area contributed by atoms with E-state index in [0.717, 1.165) is 5.56 Å². The molecule has 0 radical (unpaired) electrons. The Morgan fingerprint density at radius 2 is 2.19 bits per heavy atom. The maximum absolute atomic E-state index is 11.9. The fraction of sp³-hybridized carbons (Fsp3) is 0.500. The number of aromatic nitrogens is 1. The number of rotatable bonds is 4. The van der Waals surface area contributed by atoms with E-state index >= 15 is 0 Å². The topological polar surface area (TPSA) is 34.2 Å². The summed E-state index contributed by atoms with van der Waals surface area (Å²) in [5.74, 6) is -0.0167. The van der Waals surface area contributed by atoms with E-state index in [2.05, 4.69) is 15.0 Å². The van der Waals surface area contributed by atoms with Crippen molar-refractivity contribution in [3.05, 3.63) is 23.9 Å². The minimum atomic E-state index is -4.34. The molecule has 0 fully saturated rings. The number of nitrogens with one attached hydrogen (secondary N) is 1. The Morgan fingerprint density at radius 1 is 1.50 bits per heavy atom. The van der Waals surface area contributed by atoms with Crippen LogP contribution in [-0.2, 0) is 0 Å². The third-order valence-electron chi connectivity index (χ3n) is 2.08. The van der Waals surface area contributed by atoms with Gasteiger partial charge in [0.15, 0.2) is 6.61 Å². The normalized spacial score (nSPS) is 13.6. The first-order chi connectivity index (χ1) is 7.42. The van der Waals surface area contributed by atoms with E-state index in [9.17, 15) is 13.2 Å².